The smallest absolute Gasteiger partial charge is 0.137 e. The SMILES string of the molecule is CCc1c(Cl)ncnc1N(C)C(C)CO. The van der Waals surface area contributed by atoms with Gasteiger partial charge < -0.3 is 10.0 Å². The third kappa shape index (κ3) is 2.58. The minimum absolute atomic E-state index is 0.0151. The number of hydrogen-bond acceptors (Lipinski definition) is 4. The van der Waals surface area contributed by atoms with Gasteiger partial charge in [0.2, 0.25) is 0 Å². The van der Waals surface area contributed by atoms with Crippen molar-refractivity contribution in [2.24, 2.45) is 0 Å². The van der Waals surface area contributed by atoms with Gasteiger partial charge in [-0.3, -0.25) is 0 Å². The van der Waals surface area contributed by atoms with Gasteiger partial charge in [0.1, 0.15) is 17.3 Å². The Balaban J connectivity index is 3.07. The number of aliphatic hydroxyl groups excluding tert-OH is 1. The second kappa shape index (κ2) is 5.28. The van der Waals surface area contributed by atoms with Crippen molar-refractivity contribution in [3.05, 3.63) is 17.0 Å². The molecule has 5 heteroatoms. The third-order valence-electron chi connectivity index (χ3n) is 2.48. The lowest BCUT2D eigenvalue weighted by Gasteiger charge is -2.26. The zero-order chi connectivity index (χ0) is 11.4. The number of likely N-dealkylation sites (N-methyl/N-ethyl adjacent to an activating group) is 1. The van der Waals surface area contributed by atoms with Crippen molar-refractivity contribution in [3.63, 3.8) is 0 Å². The molecule has 1 rings (SSSR count). The second-order valence-corrected chi connectivity index (χ2v) is 3.82. The van der Waals surface area contributed by atoms with Crippen LogP contribution in [0.1, 0.15) is 19.4 Å². The van der Waals surface area contributed by atoms with E-state index in [1.165, 1.54) is 6.33 Å². The zero-order valence-electron chi connectivity index (χ0n) is 9.24. The van der Waals surface area contributed by atoms with Gasteiger partial charge in [-0.15, -0.1) is 0 Å². The standard InChI is InChI=1S/C10H16ClN3O/c1-4-8-9(11)12-6-13-10(8)14(3)7(2)5-15/h6-7,15H,4-5H2,1-3H3. The molecule has 0 radical (unpaired) electrons. The summed E-state index contributed by atoms with van der Waals surface area (Å²) in [5, 5.41) is 9.57. The Kier molecular flexibility index (Phi) is 4.29. The molecule has 0 saturated carbocycles. The first-order chi connectivity index (χ1) is 7.11. The Labute approximate surface area is 94.9 Å². The zero-order valence-corrected chi connectivity index (χ0v) is 9.99. The molecule has 84 valence electrons. The van der Waals surface area contributed by atoms with E-state index in [1.54, 1.807) is 0 Å². The quantitative estimate of drug-likeness (QED) is 0.796. The summed E-state index contributed by atoms with van der Waals surface area (Å²) in [6, 6.07) is 0.0151. The lowest BCUT2D eigenvalue weighted by Crippen LogP contribution is -2.33. The molecule has 1 heterocycles. The topological polar surface area (TPSA) is 49.2 Å². The average Bonchev–Trinajstić information content (AvgIpc) is 2.26. The van der Waals surface area contributed by atoms with Crippen molar-refractivity contribution < 1.29 is 5.11 Å². The van der Waals surface area contributed by atoms with E-state index in [0.29, 0.717) is 5.15 Å². The van der Waals surface area contributed by atoms with Gasteiger partial charge >= 0.3 is 0 Å². The van der Waals surface area contributed by atoms with E-state index in [0.717, 1.165) is 17.8 Å². The number of nitrogens with zero attached hydrogens (tertiary/aromatic N) is 3. The molecule has 4 nitrogen and oxygen atoms in total. The number of aromatic nitrogens is 2. The highest BCUT2D eigenvalue weighted by atomic mass is 35.5. The van der Waals surface area contributed by atoms with Crippen LogP contribution in [0.3, 0.4) is 0 Å². The molecule has 1 aromatic heterocycles. The van der Waals surface area contributed by atoms with Gasteiger partial charge in [-0.25, -0.2) is 9.97 Å². The van der Waals surface area contributed by atoms with Gasteiger partial charge in [0.05, 0.1) is 12.6 Å². The average molecular weight is 230 g/mol. The lowest BCUT2D eigenvalue weighted by atomic mass is 10.2. The number of halogens is 1. The van der Waals surface area contributed by atoms with E-state index in [-0.39, 0.29) is 12.6 Å². The van der Waals surface area contributed by atoms with Gasteiger partial charge in [0, 0.05) is 12.6 Å². The van der Waals surface area contributed by atoms with Crippen molar-refractivity contribution in [2.45, 2.75) is 26.3 Å². The fraction of sp³-hybridized carbons (Fsp3) is 0.600. The summed E-state index contributed by atoms with van der Waals surface area (Å²) in [6.07, 6.45) is 2.22. The maximum atomic E-state index is 9.08. The molecule has 0 aromatic carbocycles. The van der Waals surface area contributed by atoms with Crippen molar-refractivity contribution in [1.29, 1.82) is 0 Å². The number of anilines is 1. The Morgan fingerprint density at radius 2 is 2.20 bits per heavy atom. The van der Waals surface area contributed by atoms with E-state index in [1.807, 2.05) is 25.8 Å². The summed E-state index contributed by atoms with van der Waals surface area (Å²) in [5.41, 5.74) is 0.918. The predicted molar refractivity (Wildman–Crippen MR) is 61.4 cm³/mol. The van der Waals surface area contributed by atoms with Crippen LogP contribution in [0.15, 0.2) is 6.33 Å². The van der Waals surface area contributed by atoms with Crippen LogP contribution in [0.25, 0.3) is 0 Å². The predicted octanol–water partition coefficient (Wildman–Crippen LogP) is 1.51. The third-order valence-corrected chi connectivity index (χ3v) is 2.81. The van der Waals surface area contributed by atoms with Crippen LogP contribution in [0.5, 0.6) is 0 Å². The van der Waals surface area contributed by atoms with Gasteiger partial charge in [-0.2, -0.15) is 0 Å². The summed E-state index contributed by atoms with van der Waals surface area (Å²) in [7, 11) is 1.89. The second-order valence-electron chi connectivity index (χ2n) is 3.46. The first-order valence-electron chi connectivity index (χ1n) is 4.94. The highest BCUT2D eigenvalue weighted by molar-refractivity contribution is 6.30. The van der Waals surface area contributed by atoms with Crippen molar-refractivity contribution in [3.8, 4) is 0 Å². The van der Waals surface area contributed by atoms with Crippen molar-refractivity contribution in [1.82, 2.24) is 9.97 Å². The summed E-state index contributed by atoms with van der Waals surface area (Å²) < 4.78 is 0. The maximum Gasteiger partial charge on any atom is 0.137 e. The Morgan fingerprint density at radius 1 is 1.53 bits per heavy atom. The summed E-state index contributed by atoms with van der Waals surface area (Å²) >= 11 is 5.98. The molecule has 0 aliphatic heterocycles. The van der Waals surface area contributed by atoms with Gasteiger partial charge in [0.15, 0.2) is 0 Å². The molecule has 0 amide bonds. The monoisotopic (exact) mass is 229 g/mol. The largest absolute Gasteiger partial charge is 0.394 e. The molecule has 15 heavy (non-hydrogen) atoms. The molecule has 0 spiro atoms. The van der Waals surface area contributed by atoms with E-state index in [4.69, 9.17) is 16.7 Å². The first-order valence-corrected chi connectivity index (χ1v) is 5.32. The number of hydrogen-bond donors (Lipinski definition) is 1. The minimum Gasteiger partial charge on any atom is -0.394 e. The highest BCUT2D eigenvalue weighted by Crippen LogP contribution is 2.23. The van der Waals surface area contributed by atoms with E-state index in [9.17, 15) is 0 Å². The molecule has 0 aliphatic carbocycles. The molecule has 0 fully saturated rings. The van der Waals surface area contributed by atoms with E-state index >= 15 is 0 Å². The van der Waals surface area contributed by atoms with Crippen LogP contribution in [-0.2, 0) is 6.42 Å². The summed E-state index contributed by atoms with van der Waals surface area (Å²) in [5.74, 6) is 0.791. The first kappa shape index (κ1) is 12.2. The molecule has 1 unspecified atom stereocenters. The van der Waals surface area contributed by atoms with Gasteiger partial charge in [-0.05, 0) is 13.3 Å². The highest BCUT2D eigenvalue weighted by Gasteiger charge is 2.15. The fourth-order valence-electron chi connectivity index (χ4n) is 1.32. The van der Waals surface area contributed by atoms with Crippen molar-refractivity contribution in [2.75, 3.05) is 18.6 Å². The molecular weight excluding hydrogens is 214 g/mol. The molecular formula is C10H16ClN3O. The normalized spacial score (nSPS) is 12.6. The Hall–Kier alpha value is -0.870. The number of aliphatic hydroxyl groups is 1. The van der Waals surface area contributed by atoms with Crippen LogP contribution in [-0.4, -0.2) is 34.8 Å². The van der Waals surface area contributed by atoms with Gasteiger partial charge in [-0.1, -0.05) is 18.5 Å². The van der Waals surface area contributed by atoms with Crippen LogP contribution < -0.4 is 4.90 Å². The van der Waals surface area contributed by atoms with Crippen LogP contribution in [0.4, 0.5) is 5.82 Å². The minimum atomic E-state index is 0.0151. The maximum absolute atomic E-state index is 9.08. The summed E-state index contributed by atoms with van der Waals surface area (Å²) in [6.45, 7) is 4.02. The van der Waals surface area contributed by atoms with Crippen LogP contribution in [0, 0.1) is 0 Å². The van der Waals surface area contributed by atoms with E-state index < -0.39 is 0 Å². The Bertz CT molecular complexity index is 332. The van der Waals surface area contributed by atoms with E-state index in [2.05, 4.69) is 9.97 Å². The molecule has 1 N–H and O–H groups in total. The molecule has 0 saturated heterocycles. The van der Waals surface area contributed by atoms with Crippen LogP contribution in [0.2, 0.25) is 5.15 Å². The molecule has 0 bridgehead atoms. The van der Waals surface area contributed by atoms with Crippen LogP contribution >= 0.6 is 11.6 Å². The molecule has 1 atom stereocenters. The van der Waals surface area contributed by atoms with Crippen molar-refractivity contribution >= 4 is 17.4 Å². The Morgan fingerprint density at radius 3 is 2.73 bits per heavy atom. The lowest BCUT2D eigenvalue weighted by molar-refractivity contribution is 0.269. The summed E-state index contributed by atoms with van der Waals surface area (Å²) in [4.78, 5) is 10.1. The molecule has 0 aliphatic rings. The van der Waals surface area contributed by atoms with Gasteiger partial charge in [0.25, 0.3) is 0 Å². The fourth-order valence-corrected chi connectivity index (χ4v) is 1.58. The molecule has 1 aromatic rings. The number of rotatable bonds is 4.